The van der Waals surface area contributed by atoms with Crippen LogP contribution in [-0.4, -0.2) is 10.1 Å². The Morgan fingerprint density at radius 1 is 1.00 bits per heavy atom. The van der Waals surface area contributed by atoms with E-state index in [-0.39, 0.29) is 18.2 Å². The van der Waals surface area contributed by atoms with Gasteiger partial charge in [0.2, 0.25) is 0 Å². The zero-order chi connectivity index (χ0) is 17.2. The number of fused-ring (bicyclic) bond motifs is 1. The molecule has 4 rings (SSSR count). The first-order valence-corrected chi connectivity index (χ1v) is 8.02. The number of benzene rings is 2. The maximum absolute atomic E-state index is 14.6. The van der Waals surface area contributed by atoms with Gasteiger partial charge in [0.1, 0.15) is 11.5 Å². The van der Waals surface area contributed by atoms with E-state index in [1.165, 1.54) is 6.07 Å². The van der Waals surface area contributed by atoms with Crippen LogP contribution in [0, 0.1) is 5.82 Å². The molecule has 26 heavy (non-hydrogen) atoms. The van der Waals surface area contributed by atoms with Crippen LogP contribution in [0.2, 0.25) is 0 Å². The average Bonchev–Trinajstić information content (AvgIpc) is 3.06. The average molecular weight is 370 g/mol. The van der Waals surface area contributed by atoms with Gasteiger partial charge in [-0.25, -0.2) is 4.39 Å². The summed E-state index contributed by atoms with van der Waals surface area (Å²) in [6.45, 7) is 0. The smallest absolute Gasteiger partial charge is 0.167 e. The van der Waals surface area contributed by atoms with Gasteiger partial charge >= 0.3 is 0 Å². The topological polar surface area (TPSA) is 64.9 Å². The number of pyridine rings is 1. The van der Waals surface area contributed by atoms with E-state index in [0.717, 1.165) is 11.1 Å². The lowest BCUT2D eigenvalue weighted by molar-refractivity contribution is 0.459. The lowest BCUT2D eigenvalue weighted by Gasteiger charge is -2.16. The molecule has 0 aliphatic rings. The Balaban J connectivity index is 0.00000196. The zero-order valence-corrected chi connectivity index (χ0v) is 14.6. The second-order valence-corrected chi connectivity index (χ2v) is 5.86. The highest BCUT2D eigenvalue weighted by atomic mass is 35.5. The van der Waals surface area contributed by atoms with Crippen molar-refractivity contribution in [3.05, 3.63) is 83.9 Å². The van der Waals surface area contributed by atoms with Crippen LogP contribution in [0.5, 0.6) is 0 Å². The summed E-state index contributed by atoms with van der Waals surface area (Å²) in [5.74, 6) is -0.354. The van der Waals surface area contributed by atoms with Crippen molar-refractivity contribution in [2.45, 2.75) is 12.5 Å². The van der Waals surface area contributed by atoms with Gasteiger partial charge in [0.25, 0.3) is 0 Å². The minimum Gasteiger partial charge on any atom is -0.356 e. The van der Waals surface area contributed by atoms with Crippen LogP contribution in [0.4, 0.5) is 4.39 Å². The summed E-state index contributed by atoms with van der Waals surface area (Å²) in [7, 11) is 0. The summed E-state index contributed by atoms with van der Waals surface area (Å²) < 4.78 is 20.0. The van der Waals surface area contributed by atoms with Crippen molar-refractivity contribution in [3.8, 4) is 11.3 Å². The van der Waals surface area contributed by atoms with Gasteiger partial charge in [-0.05, 0) is 30.3 Å². The molecule has 6 heteroatoms. The number of nitrogens with two attached hydrogens (primary N) is 1. The fourth-order valence-electron chi connectivity index (χ4n) is 3.05. The Morgan fingerprint density at radius 2 is 1.81 bits per heavy atom. The molecule has 0 saturated carbocycles. The van der Waals surface area contributed by atoms with Gasteiger partial charge in [0.15, 0.2) is 5.58 Å². The Kier molecular flexibility index (Phi) is 5.30. The van der Waals surface area contributed by atoms with Crippen molar-refractivity contribution in [3.63, 3.8) is 0 Å². The number of nitrogens with zero attached hydrogens (tertiary/aromatic N) is 2. The van der Waals surface area contributed by atoms with Crippen LogP contribution in [-0.2, 0) is 6.42 Å². The first-order valence-electron chi connectivity index (χ1n) is 8.02. The van der Waals surface area contributed by atoms with Gasteiger partial charge in [-0.1, -0.05) is 35.5 Å². The molecule has 0 aliphatic carbocycles. The Bertz CT molecular complexity index is 1020. The van der Waals surface area contributed by atoms with Crippen molar-refractivity contribution >= 4 is 23.4 Å². The largest absolute Gasteiger partial charge is 0.356 e. The van der Waals surface area contributed by atoms with Gasteiger partial charge in [0.05, 0.1) is 0 Å². The maximum atomic E-state index is 14.6. The molecule has 0 bridgehead atoms. The van der Waals surface area contributed by atoms with Crippen LogP contribution in [0.1, 0.15) is 17.3 Å². The molecule has 0 aliphatic heterocycles. The summed E-state index contributed by atoms with van der Waals surface area (Å²) in [5, 5.41) is 4.98. The van der Waals surface area contributed by atoms with E-state index in [4.69, 9.17) is 10.3 Å². The number of halogens is 2. The van der Waals surface area contributed by atoms with E-state index in [1.807, 2.05) is 48.5 Å². The number of hydrogen-bond donors (Lipinski definition) is 1. The van der Waals surface area contributed by atoms with E-state index in [2.05, 4.69) is 10.1 Å². The molecule has 2 aromatic carbocycles. The minimum absolute atomic E-state index is 0. The maximum Gasteiger partial charge on any atom is 0.167 e. The normalized spacial score (nSPS) is 11.9. The molecular formula is C20H17ClFN3O. The fraction of sp³-hybridized carbons (Fsp3) is 0.100. The lowest BCUT2D eigenvalue weighted by atomic mass is 9.93. The van der Waals surface area contributed by atoms with Crippen LogP contribution in [0.15, 0.2) is 71.4 Å². The molecule has 4 aromatic rings. The molecule has 0 amide bonds. The van der Waals surface area contributed by atoms with E-state index >= 15 is 0 Å². The van der Waals surface area contributed by atoms with Gasteiger partial charge < -0.3 is 10.3 Å². The Labute approximate surface area is 156 Å². The third-order valence-corrected chi connectivity index (χ3v) is 4.21. The molecule has 0 radical (unpaired) electrons. The summed E-state index contributed by atoms with van der Waals surface area (Å²) in [4.78, 5) is 4.28. The molecule has 2 N–H and O–H groups in total. The van der Waals surface area contributed by atoms with Crippen LogP contribution < -0.4 is 5.73 Å². The van der Waals surface area contributed by atoms with Crippen LogP contribution in [0.3, 0.4) is 0 Å². The highest BCUT2D eigenvalue weighted by Crippen LogP contribution is 2.34. The van der Waals surface area contributed by atoms with Crippen molar-refractivity contribution in [2.75, 3.05) is 0 Å². The first-order chi connectivity index (χ1) is 12.2. The van der Waals surface area contributed by atoms with Crippen molar-refractivity contribution in [1.29, 1.82) is 0 Å². The van der Waals surface area contributed by atoms with Crippen LogP contribution >= 0.6 is 12.4 Å². The number of hydrogen-bond acceptors (Lipinski definition) is 4. The molecule has 2 aromatic heterocycles. The first kappa shape index (κ1) is 18.0. The van der Waals surface area contributed by atoms with E-state index in [0.29, 0.717) is 28.8 Å². The SMILES string of the molecule is Cl.N[C@@H](Cc1ccccn1)c1c(F)cccc1-c1noc2ccccc12. The third-order valence-electron chi connectivity index (χ3n) is 4.21. The summed E-state index contributed by atoms with van der Waals surface area (Å²) in [6.07, 6.45) is 2.14. The second-order valence-electron chi connectivity index (χ2n) is 5.86. The van der Waals surface area contributed by atoms with E-state index in [1.54, 1.807) is 12.3 Å². The predicted octanol–water partition coefficient (Wildman–Crippen LogP) is 4.69. The quantitative estimate of drug-likeness (QED) is 0.566. The van der Waals surface area contributed by atoms with Gasteiger partial charge in [-0.2, -0.15) is 0 Å². The lowest BCUT2D eigenvalue weighted by Crippen LogP contribution is -2.17. The molecular weight excluding hydrogens is 353 g/mol. The van der Waals surface area contributed by atoms with Crippen molar-refractivity contribution < 1.29 is 8.91 Å². The number of para-hydroxylation sites is 1. The monoisotopic (exact) mass is 369 g/mol. The van der Waals surface area contributed by atoms with Crippen LogP contribution in [0.25, 0.3) is 22.2 Å². The minimum atomic E-state index is -0.540. The Hall–Kier alpha value is -2.76. The summed E-state index contributed by atoms with van der Waals surface area (Å²) in [5.41, 5.74) is 9.48. The molecule has 0 fully saturated rings. The molecule has 0 unspecified atom stereocenters. The third kappa shape index (κ3) is 3.31. The molecule has 1 atom stereocenters. The van der Waals surface area contributed by atoms with Gasteiger partial charge in [-0.15, -0.1) is 12.4 Å². The van der Waals surface area contributed by atoms with E-state index < -0.39 is 6.04 Å². The molecule has 0 saturated heterocycles. The van der Waals surface area contributed by atoms with E-state index in [9.17, 15) is 4.39 Å². The zero-order valence-electron chi connectivity index (χ0n) is 13.8. The van der Waals surface area contributed by atoms with Gasteiger partial charge in [0, 0.05) is 40.9 Å². The highest BCUT2D eigenvalue weighted by molar-refractivity contribution is 5.92. The standard InChI is InChI=1S/C20H16FN3O.ClH/c21-16-9-5-8-15(20-14-7-1-2-10-18(14)25-24-20)19(16)17(22)12-13-6-3-4-11-23-13;/h1-11,17H,12,22H2;1H/t17-;/m0./s1. The van der Waals surface area contributed by atoms with Crippen molar-refractivity contribution in [1.82, 2.24) is 10.1 Å². The molecule has 0 spiro atoms. The fourth-order valence-corrected chi connectivity index (χ4v) is 3.05. The molecule has 4 nitrogen and oxygen atoms in total. The molecule has 132 valence electrons. The highest BCUT2D eigenvalue weighted by Gasteiger charge is 2.21. The predicted molar refractivity (Wildman–Crippen MR) is 102 cm³/mol. The number of rotatable bonds is 4. The van der Waals surface area contributed by atoms with Crippen molar-refractivity contribution in [2.24, 2.45) is 5.73 Å². The number of aromatic nitrogens is 2. The second kappa shape index (κ2) is 7.64. The Morgan fingerprint density at radius 3 is 2.62 bits per heavy atom. The van der Waals surface area contributed by atoms with Gasteiger partial charge in [-0.3, -0.25) is 4.98 Å². The summed E-state index contributed by atoms with van der Waals surface area (Å²) in [6, 6.07) is 17.5. The molecule has 2 heterocycles. The summed E-state index contributed by atoms with van der Waals surface area (Å²) >= 11 is 0.